The minimum Gasteiger partial charge on any atom is -0.310 e. The quantitative estimate of drug-likeness (QED) is 0.371. The van der Waals surface area contributed by atoms with Crippen LogP contribution in [0.4, 0.5) is 16.1 Å². The molecule has 0 atom stereocenters. The highest BCUT2D eigenvalue weighted by Crippen LogP contribution is 2.28. The average molecular weight is 452 g/mol. The van der Waals surface area contributed by atoms with Gasteiger partial charge in [-0.1, -0.05) is 46.4 Å². The highest BCUT2D eigenvalue weighted by Gasteiger charge is 2.11. The van der Waals surface area contributed by atoms with Gasteiger partial charge < -0.3 is 4.72 Å². The van der Waals surface area contributed by atoms with Gasteiger partial charge in [-0.3, -0.25) is 4.90 Å². The Bertz CT molecular complexity index is 859. The largest absolute Gasteiger partial charge is 0.310 e. The van der Waals surface area contributed by atoms with Crippen molar-refractivity contribution in [2.24, 2.45) is 0 Å². The molecule has 29 heavy (non-hydrogen) atoms. The van der Waals surface area contributed by atoms with Gasteiger partial charge in [0.2, 0.25) is 0 Å². The summed E-state index contributed by atoms with van der Waals surface area (Å²) >= 11 is 8.70. The fraction of sp³-hybridized carbons (Fsp3) is 0.300. The van der Waals surface area contributed by atoms with E-state index in [-0.39, 0.29) is 10.8 Å². The molecule has 0 unspecified atom stereocenters. The molecule has 0 bridgehead atoms. The van der Waals surface area contributed by atoms with Crippen LogP contribution >= 0.6 is 34.9 Å². The second-order valence-corrected chi connectivity index (χ2v) is 8.51. The van der Waals surface area contributed by atoms with E-state index in [4.69, 9.17) is 11.6 Å². The molecular weight excluding hydrogens is 429 g/mol. The molecule has 1 saturated heterocycles. The second kappa shape index (κ2) is 11.3. The van der Waals surface area contributed by atoms with Crippen molar-refractivity contribution < 1.29 is 4.48 Å². The van der Waals surface area contributed by atoms with Crippen molar-refractivity contribution in [1.82, 2.24) is 14.9 Å². The number of rotatable bonds is 6. The number of benzene rings is 1. The normalized spacial score (nSPS) is 13.6. The van der Waals surface area contributed by atoms with Gasteiger partial charge in [0, 0.05) is 30.1 Å². The van der Waals surface area contributed by atoms with Crippen LogP contribution in [0.15, 0.2) is 58.4 Å². The fourth-order valence-electron chi connectivity index (χ4n) is 2.85. The van der Waals surface area contributed by atoms with Crippen LogP contribution in [0.25, 0.3) is 0 Å². The summed E-state index contributed by atoms with van der Waals surface area (Å²) in [5, 5.41) is 2.52. The number of nitrogens with one attached hydrogen (secondary N) is 1. The van der Waals surface area contributed by atoms with Crippen LogP contribution in [-0.2, 0) is 6.54 Å². The Labute approximate surface area is 184 Å². The minimum absolute atomic E-state index is 0.102. The second-order valence-electron chi connectivity index (χ2n) is 6.50. The fourth-order valence-corrected chi connectivity index (χ4v) is 4.37. The first-order chi connectivity index (χ1) is 14.1. The predicted molar refractivity (Wildman–Crippen MR) is 121 cm³/mol. The molecule has 2 aromatic heterocycles. The molecular formula is C20H23ClFN5S2. The molecule has 1 aliphatic heterocycles. The molecule has 1 aromatic carbocycles. The van der Waals surface area contributed by atoms with Gasteiger partial charge in [-0.25, -0.2) is 9.97 Å². The lowest BCUT2D eigenvalue weighted by atomic mass is 10.2. The summed E-state index contributed by atoms with van der Waals surface area (Å²) in [6.45, 7) is 3.71. The Morgan fingerprint density at radius 3 is 2.62 bits per heavy atom. The van der Waals surface area contributed by atoms with Crippen molar-refractivity contribution in [2.75, 3.05) is 30.0 Å². The van der Waals surface area contributed by atoms with Crippen LogP contribution in [0.3, 0.4) is 0 Å². The van der Waals surface area contributed by atoms with Gasteiger partial charge in [0.1, 0.15) is 5.82 Å². The highest BCUT2D eigenvalue weighted by atomic mass is 35.5. The maximum Gasteiger partial charge on any atom is 0.175 e. The van der Waals surface area contributed by atoms with Crippen LogP contribution in [0, 0.1) is 0 Å². The number of likely N-dealkylation sites (tertiary alicyclic amines) is 1. The molecule has 1 N–H and O–H groups in total. The van der Waals surface area contributed by atoms with E-state index >= 15 is 0 Å². The summed E-state index contributed by atoms with van der Waals surface area (Å²) in [5.41, 5.74) is 3.18. The van der Waals surface area contributed by atoms with E-state index < -0.39 is 0 Å². The van der Waals surface area contributed by atoms with E-state index in [1.54, 1.807) is 17.8 Å². The molecule has 154 valence electrons. The Kier molecular flexibility index (Phi) is 8.54. The Morgan fingerprint density at radius 2 is 2.00 bits per heavy atom. The van der Waals surface area contributed by atoms with Gasteiger partial charge in [-0.15, -0.1) is 11.3 Å². The van der Waals surface area contributed by atoms with Crippen LogP contribution in [0.5, 0.6) is 0 Å². The molecule has 3 aromatic rings. The summed E-state index contributed by atoms with van der Waals surface area (Å²) in [6, 6.07) is 12.4. The topological polar surface area (TPSA) is 44.3 Å². The summed E-state index contributed by atoms with van der Waals surface area (Å²) in [4.78, 5) is 11.3. The van der Waals surface area contributed by atoms with Gasteiger partial charge in [-0.05, 0) is 49.5 Å². The SMILES string of the molecule is CN(F)c1ncc(SNc2cscn2)cc1Cl.c1ccc(CN2CCCC2)cc1. The van der Waals surface area contributed by atoms with E-state index in [0.29, 0.717) is 5.12 Å². The number of nitrogens with zero attached hydrogens (tertiary/aromatic N) is 4. The first-order valence-corrected chi connectivity index (χ1v) is 11.4. The zero-order chi connectivity index (χ0) is 20.5. The van der Waals surface area contributed by atoms with Crippen molar-refractivity contribution in [2.45, 2.75) is 24.3 Å². The lowest BCUT2D eigenvalue weighted by Crippen LogP contribution is -2.18. The number of thiazole rings is 1. The van der Waals surface area contributed by atoms with Gasteiger partial charge in [0.25, 0.3) is 0 Å². The zero-order valence-electron chi connectivity index (χ0n) is 16.1. The molecule has 0 amide bonds. The number of halogens is 2. The van der Waals surface area contributed by atoms with E-state index in [2.05, 4.69) is 49.9 Å². The molecule has 1 fully saturated rings. The van der Waals surface area contributed by atoms with Crippen LogP contribution in [-0.4, -0.2) is 35.0 Å². The monoisotopic (exact) mass is 451 g/mol. The summed E-state index contributed by atoms with van der Waals surface area (Å²) in [7, 11) is 1.24. The minimum atomic E-state index is 0.102. The molecule has 9 heteroatoms. The third-order valence-electron chi connectivity index (χ3n) is 4.24. The van der Waals surface area contributed by atoms with Gasteiger partial charge in [0.05, 0.1) is 10.5 Å². The zero-order valence-corrected chi connectivity index (χ0v) is 18.5. The lowest BCUT2D eigenvalue weighted by Gasteiger charge is -2.13. The number of pyridine rings is 1. The van der Waals surface area contributed by atoms with Crippen LogP contribution in [0.2, 0.25) is 5.02 Å². The summed E-state index contributed by atoms with van der Waals surface area (Å²) in [6.07, 6.45) is 4.31. The van der Waals surface area contributed by atoms with Crippen LogP contribution in [0.1, 0.15) is 18.4 Å². The standard InChI is InChI=1S/C11H15N.C9H8ClFN4S2/c1-2-6-11(7-3-1)10-12-8-4-5-9-12;1-15(11)9-7(10)2-6(3-12-9)17-14-8-4-16-5-13-8/h1-3,6-7H,4-5,8-10H2;2-5,14H,1H3. The molecule has 4 rings (SSSR count). The molecule has 1 aliphatic rings. The Hall–Kier alpha value is -1.87. The number of aromatic nitrogens is 2. The van der Waals surface area contributed by atoms with Crippen molar-refractivity contribution in [3.8, 4) is 0 Å². The van der Waals surface area contributed by atoms with E-state index in [1.165, 1.54) is 61.8 Å². The first-order valence-electron chi connectivity index (χ1n) is 9.24. The third-order valence-corrected chi connectivity index (χ3v) is 5.88. The Balaban J connectivity index is 0.000000176. The van der Waals surface area contributed by atoms with Gasteiger partial charge >= 0.3 is 0 Å². The molecule has 0 spiro atoms. The van der Waals surface area contributed by atoms with Gasteiger partial charge in [-0.2, -0.15) is 5.12 Å². The van der Waals surface area contributed by atoms with E-state index in [1.807, 2.05) is 5.38 Å². The number of hydrogen-bond acceptors (Lipinski definition) is 7. The summed E-state index contributed by atoms with van der Waals surface area (Å²) < 4.78 is 15.9. The Morgan fingerprint density at radius 1 is 1.24 bits per heavy atom. The number of anilines is 2. The molecule has 0 saturated carbocycles. The van der Waals surface area contributed by atoms with Crippen molar-refractivity contribution in [1.29, 1.82) is 0 Å². The maximum atomic E-state index is 12.9. The molecule has 0 radical (unpaired) electrons. The molecule has 5 nitrogen and oxygen atoms in total. The van der Waals surface area contributed by atoms with Crippen molar-refractivity contribution in [3.63, 3.8) is 0 Å². The van der Waals surface area contributed by atoms with Crippen LogP contribution < -0.4 is 9.84 Å². The maximum absolute atomic E-state index is 12.9. The molecule has 0 aliphatic carbocycles. The predicted octanol–water partition coefficient (Wildman–Crippen LogP) is 5.91. The lowest BCUT2D eigenvalue weighted by molar-refractivity contribution is 0.331. The average Bonchev–Trinajstić information content (AvgIpc) is 3.42. The summed E-state index contributed by atoms with van der Waals surface area (Å²) in [5.74, 6) is 0.868. The smallest absolute Gasteiger partial charge is 0.175 e. The third kappa shape index (κ3) is 7.15. The number of hydrogen-bond donors (Lipinski definition) is 1. The van der Waals surface area contributed by atoms with Gasteiger partial charge in [0.15, 0.2) is 5.82 Å². The first kappa shape index (κ1) is 21.8. The van der Waals surface area contributed by atoms with E-state index in [0.717, 1.165) is 17.3 Å². The molecule has 3 heterocycles. The van der Waals surface area contributed by atoms with E-state index in [9.17, 15) is 4.48 Å². The van der Waals surface area contributed by atoms with Crippen molar-refractivity contribution in [3.05, 3.63) is 64.1 Å². The van der Waals surface area contributed by atoms with Crippen molar-refractivity contribution >= 4 is 46.5 Å². The highest BCUT2D eigenvalue weighted by molar-refractivity contribution is 8.00.